The smallest absolute Gasteiger partial charge is 0.137 e. The van der Waals surface area contributed by atoms with E-state index >= 15 is 0 Å². The van der Waals surface area contributed by atoms with Gasteiger partial charge in [0.25, 0.3) is 0 Å². The van der Waals surface area contributed by atoms with Crippen LogP contribution in [0.25, 0.3) is 0 Å². The Kier molecular flexibility index (Phi) is 7.69. The van der Waals surface area contributed by atoms with E-state index in [1.165, 1.54) is 0 Å². The fraction of sp³-hybridized carbons (Fsp3) is 0.500. The van der Waals surface area contributed by atoms with Crippen molar-refractivity contribution < 1.29 is 4.74 Å². The molecule has 0 radical (unpaired) electrons. The maximum atomic E-state index is 8.86. The Labute approximate surface area is 120 Å². The molecule has 2 unspecified atom stereocenters. The molecule has 1 aromatic rings. The average Bonchev–Trinajstić information content (AvgIpc) is 2.69. The van der Waals surface area contributed by atoms with Gasteiger partial charge in [0.15, 0.2) is 0 Å². The third-order valence-corrected chi connectivity index (χ3v) is 2.95. The van der Waals surface area contributed by atoms with Crippen LogP contribution in [0.3, 0.4) is 0 Å². The molecule has 100 valence electrons. The van der Waals surface area contributed by atoms with E-state index in [-0.39, 0.29) is 30.7 Å². The summed E-state index contributed by atoms with van der Waals surface area (Å²) in [6.07, 6.45) is 4.32. The summed E-state index contributed by atoms with van der Waals surface area (Å²) >= 11 is 0. The van der Waals surface area contributed by atoms with Gasteiger partial charge in [-0.25, -0.2) is 0 Å². The largest absolute Gasteiger partial charge is 0.490 e. The van der Waals surface area contributed by atoms with Crippen molar-refractivity contribution in [3.05, 3.63) is 24.5 Å². The zero-order valence-corrected chi connectivity index (χ0v) is 11.8. The zero-order valence-electron chi connectivity index (χ0n) is 10.2. The van der Waals surface area contributed by atoms with Crippen LogP contribution in [0.4, 0.5) is 0 Å². The van der Waals surface area contributed by atoms with Crippen molar-refractivity contribution in [2.45, 2.75) is 12.5 Å². The fourth-order valence-electron chi connectivity index (χ4n) is 1.99. The Morgan fingerprint density at radius 1 is 1.56 bits per heavy atom. The van der Waals surface area contributed by atoms with Crippen LogP contribution >= 0.6 is 24.8 Å². The van der Waals surface area contributed by atoms with Crippen LogP contribution in [0.15, 0.2) is 24.5 Å². The van der Waals surface area contributed by atoms with Gasteiger partial charge >= 0.3 is 0 Å². The highest BCUT2D eigenvalue weighted by molar-refractivity contribution is 5.85. The molecule has 4 nitrogen and oxygen atoms in total. The van der Waals surface area contributed by atoms with Crippen LogP contribution in [0.5, 0.6) is 5.75 Å². The molecule has 2 heterocycles. The number of aromatic nitrogens is 1. The molecule has 2 atom stereocenters. The van der Waals surface area contributed by atoms with Gasteiger partial charge in [0.1, 0.15) is 12.4 Å². The first-order valence-electron chi connectivity index (χ1n) is 5.42. The number of pyridine rings is 1. The summed E-state index contributed by atoms with van der Waals surface area (Å²) in [6.45, 7) is 1.47. The standard InChI is InChI=1S/C12H15N3O.2ClH/c1-15-8-10(6-13)5-11(15)9-16-12-3-2-4-14-7-12;;/h2-4,7,10-11H,5,8-9H2,1H3;2*1H. The molecule has 1 saturated heterocycles. The number of halogens is 2. The highest BCUT2D eigenvalue weighted by Crippen LogP contribution is 2.21. The van der Waals surface area contributed by atoms with Crippen molar-refractivity contribution in [1.82, 2.24) is 9.88 Å². The first-order chi connectivity index (χ1) is 7.79. The third-order valence-electron chi connectivity index (χ3n) is 2.95. The van der Waals surface area contributed by atoms with E-state index < -0.39 is 0 Å². The highest BCUT2D eigenvalue weighted by atomic mass is 35.5. The van der Waals surface area contributed by atoms with E-state index in [0.717, 1.165) is 18.7 Å². The fourth-order valence-corrected chi connectivity index (χ4v) is 1.99. The molecule has 1 aliphatic rings. The first-order valence-corrected chi connectivity index (χ1v) is 5.42. The summed E-state index contributed by atoms with van der Waals surface area (Å²) in [7, 11) is 2.04. The molecule has 0 saturated carbocycles. The minimum Gasteiger partial charge on any atom is -0.490 e. The van der Waals surface area contributed by atoms with Crippen molar-refractivity contribution in [3.8, 4) is 11.8 Å². The average molecular weight is 290 g/mol. The minimum absolute atomic E-state index is 0. The van der Waals surface area contributed by atoms with Gasteiger partial charge < -0.3 is 4.74 Å². The number of hydrogen-bond donors (Lipinski definition) is 0. The molecule has 1 aromatic heterocycles. The van der Waals surface area contributed by atoms with Crippen LogP contribution in [0, 0.1) is 17.2 Å². The molecule has 0 aliphatic carbocycles. The molecular weight excluding hydrogens is 273 g/mol. The molecule has 0 amide bonds. The summed E-state index contributed by atoms with van der Waals surface area (Å²) in [6, 6.07) is 6.40. The molecule has 2 rings (SSSR count). The second kappa shape index (κ2) is 8.15. The van der Waals surface area contributed by atoms with E-state index in [0.29, 0.717) is 12.6 Å². The molecular formula is C12H17Cl2N3O. The van der Waals surface area contributed by atoms with Crippen LogP contribution in [-0.2, 0) is 0 Å². The molecule has 1 aliphatic heterocycles. The van der Waals surface area contributed by atoms with Crippen LogP contribution in [0.1, 0.15) is 6.42 Å². The number of likely N-dealkylation sites (N-methyl/N-ethyl adjacent to an activating group) is 1. The Bertz CT molecular complexity index is 383. The summed E-state index contributed by atoms with van der Waals surface area (Å²) < 4.78 is 5.64. The van der Waals surface area contributed by atoms with Gasteiger partial charge in [-0.1, -0.05) is 0 Å². The maximum absolute atomic E-state index is 8.86. The predicted octanol–water partition coefficient (Wildman–Crippen LogP) is 2.15. The quantitative estimate of drug-likeness (QED) is 0.856. The lowest BCUT2D eigenvalue weighted by molar-refractivity contribution is 0.198. The van der Waals surface area contributed by atoms with Crippen molar-refractivity contribution in [3.63, 3.8) is 0 Å². The number of rotatable bonds is 3. The molecule has 1 fully saturated rings. The van der Waals surface area contributed by atoms with Gasteiger partial charge in [0.2, 0.25) is 0 Å². The SMILES string of the molecule is CN1CC(C#N)CC1COc1cccnc1.Cl.Cl. The molecule has 0 N–H and O–H groups in total. The summed E-state index contributed by atoms with van der Waals surface area (Å²) in [4.78, 5) is 6.17. The second-order valence-corrected chi connectivity index (χ2v) is 4.15. The van der Waals surface area contributed by atoms with Gasteiger partial charge in [0, 0.05) is 18.8 Å². The number of nitriles is 1. The Morgan fingerprint density at radius 2 is 2.33 bits per heavy atom. The van der Waals surface area contributed by atoms with Gasteiger partial charge in [-0.3, -0.25) is 9.88 Å². The van der Waals surface area contributed by atoms with Crippen molar-refractivity contribution in [2.24, 2.45) is 5.92 Å². The summed E-state index contributed by atoms with van der Waals surface area (Å²) in [5, 5.41) is 8.86. The lowest BCUT2D eigenvalue weighted by Gasteiger charge is -2.19. The third kappa shape index (κ3) is 4.34. The van der Waals surface area contributed by atoms with E-state index in [1.54, 1.807) is 12.4 Å². The number of ether oxygens (including phenoxy) is 1. The lowest BCUT2D eigenvalue weighted by atomic mass is 10.1. The van der Waals surface area contributed by atoms with Gasteiger partial charge in [-0.15, -0.1) is 24.8 Å². The van der Waals surface area contributed by atoms with E-state index in [1.807, 2.05) is 19.2 Å². The van der Waals surface area contributed by atoms with Crippen LogP contribution in [-0.4, -0.2) is 36.1 Å². The summed E-state index contributed by atoms with van der Waals surface area (Å²) in [5.74, 6) is 0.934. The van der Waals surface area contributed by atoms with Gasteiger partial charge in [-0.05, 0) is 25.6 Å². The maximum Gasteiger partial charge on any atom is 0.137 e. The Morgan fingerprint density at radius 3 is 2.89 bits per heavy atom. The molecule has 18 heavy (non-hydrogen) atoms. The Balaban J connectivity index is 0.00000144. The van der Waals surface area contributed by atoms with Crippen LogP contribution in [0.2, 0.25) is 0 Å². The van der Waals surface area contributed by atoms with Crippen molar-refractivity contribution >= 4 is 24.8 Å². The number of nitrogens with zero attached hydrogens (tertiary/aromatic N) is 3. The highest BCUT2D eigenvalue weighted by Gasteiger charge is 2.29. The topological polar surface area (TPSA) is 49.2 Å². The van der Waals surface area contributed by atoms with Crippen LogP contribution < -0.4 is 4.74 Å². The Hall–Kier alpha value is -1.02. The monoisotopic (exact) mass is 289 g/mol. The van der Waals surface area contributed by atoms with E-state index in [4.69, 9.17) is 10.00 Å². The van der Waals surface area contributed by atoms with E-state index in [2.05, 4.69) is 16.0 Å². The molecule has 0 aromatic carbocycles. The normalized spacial score (nSPS) is 22.4. The molecule has 0 spiro atoms. The van der Waals surface area contributed by atoms with Gasteiger partial charge in [-0.2, -0.15) is 5.26 Å². The second-order valence-electron chi connectivity index (χ2n) is 4.15. The molecule has 0 bridgehead atoms. The first kappa shape index (κ1) is 17.0. The lowest BCUT2D eigenvalue weighted by Crippen LogP contribution is -2.30. The number of likely N-dealkylation sites (tertiary alicyclic amines) is 1. The predicted molar refractivity (Wildman–Crippen MR) is 74.4 cm³/mol. The van der Waals surface area contributed by atoms with E-state index in [9.17, 15) is 0 Å². The summed E-state index contributed by atoms with van der Waals surface area (Å²) in [5.41, 5.74) is 0. The van der Waals surface area contributed by atoms with Crippen molar-refractivity contribution in [1.29, 1.82) is 5.26 Å². The van der Waals surface area contributed by atoms with Gasteiger partial charge in [0.05, 0.1) is 18.2 Å². The minimum atomic E-state index is 0. The number of hydrogen-bond acceptors (Lipinski definition) is 4. The molecule has 6 heteroatoms. The zero-order chi connectivity index (χ0) is 11.4. The van der Waals surface area contributed by atoms with Crippen molar-refractivity contribution in [2.75, 3.05) is 20.2 Å².